The van der Waals surface area contributed by atoms with Crippen molar-refractivity contribution in [2.24, 2.45) is 0 Å². The van der Waals surface area contributed by atoms with Crippen LogP contribution in [0.3, 0.4) is 0 Å². The van der Waals surface area contributed by atoms with Crippen LogP contribution in [0.1, 0.15) is 16.7 Å². The fourth-order valence-corrected chi connectivity index (χ4v) is 2.28. The van der Waals surface area contributed by atoms with Crippen LogP contribution in [0.4, 0.5) is 0 Å². The van der Waals surface area contributed by atoms with E-state index in [1.54, 1.807) is 0 Å². The predicted molar refractivity (Wildman–Crippen MR) is 96.4 cm³/mol. The number of aryl methyl sites for hydroxylation is 2. The summed E-state index contributed by atoms with van der Waals surface area (Å²) in [7, 11) is 0. The minimum absolute atomic E-state index is 0.304. The molecule has 0 saturated carbocycles. The first-order valence-electron chi connectivity index (χ1n) is 8.35. The second-order valence-electron chi connectivity index (χ2n) is 5.94. The van der Waals surface area contributed by atoms with Crippen LogP contribution < -0.4 is 10.1 Å². The van der Waals surface area contributed by atoms with Gasteiger partial charge < -0.3 is 19.9 Å². The first-order chi connectivity index (χ1) is 11.6. The predicted octanol–water partition coefficient (Wildman–Crippen LogP) is 2.85. The highest BCUT2D eigenvalue weighted by molar-refractivity contribution is 5.33. The second-order valence-corrected chi connectivity index (χ2v) is 5.94. The van der Waals surface area contributed by atoms with Crippen molar-refractivity contribution in [1.29, 1.82) is 0 Å². The molecular weight excluding hydrogens is 302 g/mol. The number of aliphatic hydroxyl groups is 1. The van der Waals surface area contributed by atoms with Crippen molar-refractivity contribution < 1.29 is 14.6 Å². The molecule has 24 heavy (non-hydrogen) atoms. The highest BCUT2D eigenvalue weighted by atomic mass is 16.5. The lowest BCUT2D eigenvalue weighted by molar-refractivity contribution is 0.0250. The molecule has 2 rings (SSSR count). The molecule has 4 heteroatoms. The van der Waals surface area contributed by atoms with Gasteiger partial charge in [-0.1, -0.05) is 36.4 Å². The normalized spacial score (nSPS) is 12.1. The minimum Gasteiger partial charge on any atom is -0.491 e. The van der Waals surface area contributed by atoms with E-state index >= 15 is 0 Å². The Balaban J connectivity index is 1.52. The van der Waals surface area contributed by atoms with Gasteiger partial charge in [0, 0.05) is 13.1 Å². The summed E-state index contributed by atoms with van der Waals surface area (Å²) in [5.74, 6) is 0.853. The molecule has 2 N–H and O–H groups in total. The fourth-order valence-electron chi connectivity index (χ4n) is 2.28. The van der Waals surface area contributed by atoms with Gasteiger partial charge in [-0.2, -0.15) is 0 Å². The third-order valence-electron chi connectivity index (χ3n) is 3.84. The molecule has 0 aromatic heterocycles. The number of ether oxygens (including phenoxy) is 2. The lowest BCUT2D eigenvalue weighted by atomic mass is 10.1. The van der Waals surface area contributed by atoms with E-state index in [4.69, 9.17) is 9.47 Å². The maximum Gasteiger partial charge on any atom is 0.119 e. The molecule has 1 unspecified atom stereocenters. The molecule has 0 heterocycles. The van der Waals surface area contributed by atoms with Gasteiger partial charge in [-0.05, 0) is 42.7 Å². The number of hydrogen-bond acceptors (Lipinski definition) is 4. The summed E-state index contributed by atoms with van der Waals surface area (Å²) in [5.41, 5.74) is 3.67. The summed E-state index contributed by atoms with van der Waals surface area (Å²) in [6, 6.07) is 16.2. The summed E-state index contributed by atoms with van der Waals surface area (Å²) in [5, 5.41) is 13.1. The Labute approximate surface area is 144 Å². The average Bonchev–Trinajstić information content (AvgIpc) is 2.58. The Morgan fingerprint density at radius 1 is 1.00 bits per heavy atom. The van der Waals surface area contributed by atoms with Crippen LogP contribution in [-0.2, 0) is 11.3 Å². The summed E-state index contributed by atoms with van der Waals surface area (Å²) in [4.78, 5) is 0. The van der Waals surface area contributed by atoms with E-state index in [-0.39, 0.29) is 0 Å². The Morgan fingerprint density at radius 3 is 2.54 bits per heavy atom. The van der Waals surface area contributed by atoms with Crippen LogP contribution in [0.2, 0.25) is 0 Å². The molecule has 130 valence electrons. The zero-order valence-corrected chi connectivity index (χ0v) is 14.5. The van der Waals surface area contributed by atoms with E-state index in [0.717, 1.165) is 12.3 Å². The minimum atomic E-state index is -0.518. The summed E-state index contributed by atoms with van der Waals surface area (Å²) >= 11 is 0. The van der Waals surface area contributed by atoms with Crippen molar-refractivity contribution in [2.45, 2.75) is 26.5 Å². The third kappa shape index (κ3) is 6.71. The van der Waals surface area contributed by atoms with E-state index in [9.17, 15) is 5.11 Å². The number of benzene rings is 2. The number of nitrogens with one attached hydrogen (secondary N) is 1. The standard InChI is InChI=1S/C20H27NO3/c1-16-8-9-20(12-17(16)2)24-11-10-23-15-19(22)14-21-13-18-6-4-3-5-7-18/h3-9,12,19,21-22H,10-11,13-15H2,1-2H3. The van der Waals surface area contributed by atoms with Crippen LogP contribution in [0.15, 0.2) is 48.5 Å². The summed E-state index contributed by atoms with van der Waals surface area (Å²) in [6.45, 7) is 6.64. The molecular formula is C20H27NO3. The number of hydrogen-bond donors (Lipinski definition) is 2. The Morgan fingerprint density at radius 2 is 1.79 bits per heavy atom. The van der Waals surface area contributed by atoms with E-state index in [1.807, 2.05) is 36.4 Å². The molecule has 4 nitrogen and oxygen atoms in total. The maximum atomic E-state index is 9.88. The van der Waals surface area contributed by atoms with Gasteiger partial charge in [0.15, 0.2) is 0 Å². The van der Waals surface area contributed by atoms with Crippen LogP contribution >= 0.6 is 0 Å². The van der Waals surface area contributed by atoms with Crippen LogP contribution in [0.5, 0.6) is 5.75 Å². The molecule has 2 aromatic carbocycles. The maximum absolute atomic E-state index is 9.88. The molecule has 0 saturated heterocycles. The van der Waals surface area contributed by atoms with Crippen molar-refractivity contribution in [3.8, 4) is 5.75 Å². The van der Waals surface area contributed by atoms with Gasteiger partial charge in [-0.3, -0.25) is 0 Å². The highest BCUT2D eigenvalue weighted by Crippen LogP contribution is 2.16. The SMILES string of the molecule is Cc1ccc(OCCOCC(O)CNCc2ccccc2)cc1C. The monoisotopic (exact) mass is 329 g/mol. The van der Waals surface area contributed by atoms with Gasteiger partial charge in [-0.15, -0.1) is 0 Å². The quantitative estimate of drug-likeness (QED) is 0.658. The first kappa shape index (κ1) is 18.5. The first-order valence-corrected chi connectivity index (χ1v) is 8.35. The smallest absolute Gasteiger partial charge is 0.119 e. The van der Waals surface area contributed by atoms with Crippen molar-refractivity contribution in [3.05, 3.63) is 65.2 Å². The molecule has 0 fully saturated rings. The van der Waals surface area contributed by atoms with Crippen LogP contribution in [0.25, 0.3) is 0 Å². The molecule has 2 aromatic rings. The Hall–Kier alpha value is -1.88. The van der Waals surface area contributed by atoms with E-state index in [2.05, 4.69) is 31.3 Å². The largest absolute Gasteiger partial charge is 0.491 e. The zero-order valence-electron chi connectivity index (χ0n) is 14.5. The highest BCUT2D eigenvalue weighted by Gasteiger charge is 2.04. The van der Waals surface area contributed by atoms with E-state index in [0.29, 0.717) is 26.4 Å². The topological polar surface area (TPSA) is 50.7 Å². The van der Waals surface area contributed by atoms with Gasteiger partial charge >= 0.3 is 0 Å². The molecule has 0 aliphatic rings. The molecule has 0 spiro atoms. The van der Waals surface area contributed by atoms with Crippen molar-refractivity contribution in [2.75, 3.05) is 26.4 Å². The Kier molecular flexibility index (Phi) is 7.75. The summed E-state index contributed by atoms with van der Waals surface area (Å²) in [6.07, 6.45) is -0.518. The van der Waals surface area contributed by atoms with Gasteiger partial charge in [0.2, 0.25) is 0 Å². The fraction of sp³-hybridized carbons (Fsp3) is 0.400. The van der Waals surface area contributed by atoms with Gasteiger partial charge in [0.05, 0.1) is 19.3 Å². The number of aliphatic hydroxyl groups excluding tert-OH is 1. The van der Waals surface area contributed by atoms with E-state index < -0.39 is 6.10 Å². The second kappa shape index (κ2) is 10.1. The van der Waals surface area contributed by atoms with Gasteiger partial charge in [-0.25, -0.2) is 0 Å². The molecule has 0 aliphatic carbocycles. The molecule has 0 amide bonds. The van der Waals surface area contributed by atoms with Gasteiger partial charge in [0.25, 0.3) is 0 Å². The average molecular weight is 329 g/mol. The summed E-state index contributed by atoms with van der Waals surface area (Å²) < 4.78 is 11.1. The van der Waals surface area contributed by atoms with Crippen LogP contribution in [0, 0.1) is 13.8 Å². The molecule has 0 bridgehead atoms. The molecule has 1 atom stereocenters. The van der Waals surface area contributed by atoms with Crippen molar-refractivity contribution >= 4 is 0 Å². The van der Waals surface area contributed by atoms with Crippen molar-refractivity contribution in [1.82, 2.24) is 5.32 Å². The van der Waals surface area contributed by atoms with Crippen molar-refractivity contribution in [3.63, 3.8) is 0 Å². The zero-order chi connectivity index (χ0) is 17.2. The number of rotatable bonds is 10. The Bertz CT molecular complexity index is 601. The van der Waals surface area contributed by atoms with Crippen LogP contribution in [-0.4, -0.2) is 37.6 Å². The van der Waals surface area contributed by atoms with E-state index in [1.165, 1.54) is 16.7 Å². The van der Waals surface area contributed by atoms with Gasteiger partial charge in [0.1, 0.15) is 12.4 Å². The molecule has 0 radical (unpaired) electrons. The third-order valence-corrected chi connectivity index (χ3v) is 3.84. The molecule has 0 aliphatic heterocycles. The lowest BCUT2D eigenvalue weighted by Gasteiger charge is -2.13. The lowest BCUT2D eigenvalue weighted by Crippen LogP contribution is -2.30.